The van der Waals surface area contributed by atoms with E-state index in [1.165, 1.54) is 38.5 Å². The summed E-state index contributed by atoms with van der Waals surface area (Å²) in [7, 11) is 0. The molecule has 0 radical (unpaired) electrons. The van der Waals surface area contributed by atoms with E-state index in [-0.39, 0.29) is 0 Å². The highest BCUT2D eigenvalue weighted by atomic mass is 14.7. The predicted octanol–water partition coefficient (Wildman–Crippen LogP) is 3.89. The van der Waals surface area contributed by atoms with Gasteiger partial charge in [0.2, 0.25) is 0 Å². The van der Waals surface area contributed by atoms with Crippen LogP contribution >= 0.6 is 0 Å². The predicted molar refractivity (Wildman–Crippen MR) is 70.2 cm³/mol. The lowest BCUT2D eigenvalue weighted by Crippen LogP contribution is -2.49. The maximum absolute atomic E-state index is 6.06. The molecule has 2 aliphatic rings. The molecule has 0 spiro atoms. The minimum absolute atomic E-state index is 0.401. The van der Waals surface area contributed by atoms with E-state index in [2.05, 4.69) is 26.8 Å². The second-order valence-electron chi connectivity index (χ2n) is 6.93. The molecule has 2 aliphatic carbocycles. The van der Waals surface area contributed by atoms with Gasteiger partial charge in [-0.15, -0.1) is 0 Å². The Balaban J connectivity index is 2.05. The zero-order chi connectivity index (χ0) is 11.8. The van der Waals surface area contributed by atoms with E-state index >= 15 is 0 Å². The first kappa shape index (κ1) is 12.2. The maximum Gasteiger partial charge on any atom is 0.00401 e. The van der Waals surface area contributed by atoms with E-state index in [1.54, 1.807) is 5.57 Å². The highest BCUT2D eigenvalue weighted by Gasteiger charge is 2.49. The molecule has 1 nitrogen and oxygen atoms in total. The lowest BCUT2D eigenvalue weighted by molar-refractivity contribution is 0.0171. The van der Waals surface area contributed by atoms with Crippen LogP contribution in [0.3, 0.4) is 0 Å². The van der Waals surface area contributed by atoms with E-state index in [1.807, 2.05) is 0 Å². The van der Waals surface area contributed by atoms with Crippen molar-refractivity contribution in [3.8, 4) is 0 Å². The van der Waals surface area contributed by atoms with Gasteiger partial charge < -0.3 is 5.73 Å². The van der Waals surface area contributed by atoms with Gasteiger partial charge in [-0.25, -0.2) is 0 Å². The number of allylic oxidation sites excluding steroid dienone is 1. The fraction of sp³-hybridized carbons (Fsp3) is 0.867. The van der Waals surface area contributed by atoms with E-state index in [9.17, 15) is 0 Å². The van der Waals surface area contributed by atoms with Gasteiger partial charge in [-0.3, -0.25) is 0 Å². The summed E-state index contributed by atoms with van der Waals surface area (Å²) in [6.45, 7) is 7.97. The third-order valence-electron chi connectivity index (χ3n) is 4.86. The van der Waals surface area contributed by atoms with Gasteiger partial charge in [-0.05, 0) is 49.9 Å². The van der Waals surface area contributed by atoms with Crippen molar-refractivity contribution in [3.05, 3.63) is 11.6 Å². The van der Waals surface area contributed by atoms with Crippen molar-refractivity contribution < 1.29 is 0 Å². The number of hydrogen-bond donors (Lipinski definition) is 1. The standard InChI is InChI=1S/C15H27N/c1-14(2,3)13-9-15(10-13,11-16)12-7-5-4-6-8-12/h7,13H,4-6,8-11,16H2,1-3H3. The van der Waals surface area contributed by atoms with Crippen LogP contribution in [0, 0.1) is 16.7 Å². The molecule has 0 saturated heterocycles. The highest BCUT2D eigenvalue weighted by Crippen LogP contribution is 2.57. The SMILES string of the molecule is CC(C)(C)C1CC(CN)(C2=CCCCC2)C1. The Morgan fingerprint density at radius 3 is 2.44 bits per heavy atom. The Morgan fingerprint density at radius 1 is 1.31 bits per heavy atom. The molecule has 0 bridgehead atoms. The minimum atomic E-state index is 0.401. The fourth-order valence-electron chi connectivity index (χ4n) is 3.38. The summed E-state index contributed by atoms with van der Waals surface area (Å²) in [4.78, 5) is 0. The first-order valence-corrected chi connectivity index (χ1v) is 6.87. The van der Waals surface area contributed by atoms with Crippen LogP contribution in [0.2, 0.25) is 0 Å². The Bertz CT molecular complexity index is 276. The van der Waals surface area contributed by atoms with Gasteiger partial charge in [0.05, 0.1) is 0 Å². The highest BCUT2D eigenvalue weighted by molar-refractivity contribution is 5.22. The largest absolute Gasteiger partial charge is 0.330 e. The van der Waals surface area contributed by atoms with E-state index in [4.69, 9.17) is 5.73 Å². The van der Waals surface area contributed by atoms with Crippen molar-refractivity contribution in [1.82, 2.24) is 0 Å². The molecule has 1 heteroatoms. The molecule has 0 aromatic carbocycles. The van der Waals surface area contributed by atoms with E-state index in [0.29, 0.717) is 10.8 Å². The van der Waals surface area contributed by atoms with Crippen LogP contribution in [0.5, 0.6) is 0 Å². The molecule has 92 valence electrons. The maximum atomic E-state index is 6.06. The second kappa shape index (κ2) is 4.18. The van der Waals surface area contributed by atoms with Crippen molar-refractivity contribution in [3.63, 3.8) is 0 Å². The van der Waals surface area contributed by atoms with Crippen molar-refractivity contribution >= 4 is 0 Å². The summed E-state index contributed by atoms with van der Waals surface area (Å²) < 4.78 is 0. The molecule has 16 heavy (non-hydrogen) atoms. The number of hydrogen-bond acceptors (Lipinski definition) is 1. The lowest BCUT2D eigenvalue weighted by atomic mass is 9.51. The van der Waals surface area contributed by atoms with Crippen LogP contribution in [0.25, 0.3) is 0 Å². The van der Waals surface area contributed by atoms with Crippen molar-refractivity contribution in [1.29, 1.82) is 0 Å². The molecule has 2 N–H and O–H groups in total. The third-order valence-corrected chi connectivity index (χ3v) is 4.86. The van der Waals surface area contributed by atoms with Gasteiger partial charge in [0, 0.05) is 12.0 Å². The van der Waals surface area contributed by atoms with Crippen LogP contribution < -0.4 is 5.73 Å². The van der Waals surface area contributed by atoms with Crippen LogP contribution in [-0.4, -0.2) is 6.54 Å². The zero-order valence-electron chi connectivity index (χ0n) is 11.2. The first-order chi connectivity index (χ1) is 7.48. The lowest BCUT2D eigenvalue weighted by Gasteiger charge is -2.54. The summed E-state index contributed by atoms with van der Waals surface area (Å²) in [5.41, 5.74) is 8.63. The molecular weight excluding hydrogens is 194 g/mol. The molecule has 0 aliphatic heterocycles. The normalized spacial score (nSPS) is 35.5. The van der Waals surface area contributed by atoms with Crippen molar-refractivity contribution in [2.24, 2.45) is 22.5 Å². The van der Waals surface area contributed by atoms with Gasteiger partial charge >= 0.3 is 0 Å². The number of rotatable bonds is 2. The van der Waals surface area contributed by atoms with E-state index in [0.717, 1.165) is 12.5 Å². The average Bonchev–Trinajstić information content (AvgIpc) is 2.16. The van der Waals surface area contributed by atoms with E-state index < -0.39 is 0 Å². The monoisotopic (exact) mass is 221 g/mol. The molecule has 0 aromatic heterocycles. The van der Waals surface area contributed by atoms with Gasteiger partial charge in [-0.1, -0.05) is 32.4 Å². The number of nitrogens with two attached hydrogens (primary N) is 1. The molecule has 1 fully saturated rings. The van der Waals surface area contributed by atoms with Gasteiger partial charge in [-0.2, -0.15) is 0 Å². The van der Waals surface area contributed by atoms with Gasteiger partial charge in [0.25, 0.3) is 0 Å². The van der Waals surface area contributed by atoms with Gasteiger partial charge in [0.15, 0.2) is 0 Å². The second-order valence-corrected chi connectivity index (χ2v) is 6.93. The van der Waals surface area contributed by atoms with Crippen molar-refractivity contribution in [2.75, 3.05) is 6.54 Å². The molecule has 0 atom stereocenters. The Hall–Kier alpha value is -0.300. The molecule has 0 unspecified atom stereocenters. The summed E-state index contributed by atoms with van der Waals surface area (Å²) in [6.07, 6.45) is 10.5. The third kappa shape index (κ3) is 2.07. The van der Waals surface area contributed by atoms with Crippen LogP contribution in [0.15, 0.2) is 11.6 Å². The molecule has 1 saturated carbocycles. The van der Waals surface area contributed by atoms with Crippen molar-refractivity contribution in [2.45, 2.75) is 59.3 Å². The smallest absolute Gasteiger partial charge is 0.00401 e. The Kier molecular flexibility index (Phi) is 3.18. The van der Waals surface area contributed by atoms with Crippen LogP contribution in [0.1, 0.15) is 59.3 Å². The van der Waals surface area contributed by atoms with Crippen LogP contribution in [0.4, 0.5) is 0 Å². The Morgan fingerprint density at radius 2 is 2.00 bits per heavy atom. The molecular formula is C15H27N. The van der Waals surface area contributed by atoms with Gasteiger partial charge in [0.1, 0.15) is 0 Å². The molecule has 0 aromatic rings. The summed E-state index contributed by atoms with van der Waals surface area (Å²) >= 11 is 0. The molecule has 2 rings (SSSR count). The topological polar surface area (TPSA) is 26.0 Å². The molecule has 0 amide bonds. The summed E-state index contributed by atoms with van der Waals surface area (Å²) in [5.74, 6) is 0.874. The summed E-state index contributed by atoms with van der Waals surface area (Å²) in [5, 5.41) is 0. The zero-order valence-corrected chi connectivity index (χ0v) is 11.2. The Labute approximate surface area is 100 Å². The summed E-state index contributed by atoms with van der Waals surface area (Å²) in [6, 6.07) is 0. The molecule has 0 heterocycles. The first-order valence-electron chi connectivity index (χ1n) is 6.87. The fourth-order valence-corrected chi connectivity index (χ4v) is 3.38. The van der Waals surface area contributed by atoms with Crippen LogP contribution in [-0.2, 0) is 0 Å². The average molecular weight is 221 g/mol. The minimum Gasteiger partial charge on any atom is -0.330 e. The quantitative estimate of drug-likeness (QED) is 0.703.